The number of aliphatic hydroxyl groups is 6. The van der Waals surface area contributed by atoms with Crippen molar-refractivity contribution < 1.29 is 64.6 Å². The fourth-order valence-corrected chi connectivity index (χ4v) is 4.14. The van der Waals surface area contributed by atoms with Gasteiger partial charge in [-0.3, -0.25) is 4.79 Å². The van der Waals surface area contributed by atoms with Crippen LogP contribution in [0.2, 0.25) is 0 Å². The Kier molecular flexibility index (Phi) is 8.86. The summed E-state index contributed by atoms with van der Waals surface area (Å²) in [6.07, 6.45) is -7.74. The fraction of sp³-hybridized carbons (Fsp3) is 0.423. The van der Waals surface area contributed by atoms with E-state index < -0.39 is 74.3 Å². The first-order valence-electron chi connectivity index (χ1n) is 12.0. The molecule has 39 heavy (non-hydrogen) atoms. The molecule has 0 amide bonds. The monoisotopic (exact) mass is 550 g/mol. The van der Waals surface area contributed by atoms with Crippen LogP contribution < -0.4 is 4.74 Å². The molecule has 2 aromatic carbocycles. The van der Waals surface area contributed by atoms with Gasteiger partial charge in [0.15, 0.2) is 18.2 Å². The van der Waals surface area contributed by atoms with Crippen LogP contribution in [-0.2, 0) is 14.2 Å². The van der Waals surface area contributed by atoms with Crippen molar-refractivity contribution in [1.82, 2.24) is 0 Å². The first-order valence-corrected chi connectivity index (χ1v) is 12.0. The molecule has 0 unspecified atom stereocenters. The van der Waals surface area contributed by atoms with E-state index in [0.29, 0.717) is 5.56 Å². The Bertz CT molecular complexity index is 1170. The molecule has 0 aromatic heterocycles. The molecule has 212 valence electrons. The highest BCUT2D eigenvalue weighted by atomic mass is 16.8. The van der Waals surface area contributed by atoms with Crippen LogP contribution in [0.3, 0.4) is 0 Å². The van der Waals surface area contributed by atoms with Crippen LogP contribution >= 0.6 is 0 Å². The van der Waals surface area contributed by atoms with E-state index in [4.69, 9.17) is 18.9 Å². The van der Waals surface area contributed by atoms with Crippen molar-refractivity contribution in [3.8, 4) is 17.2 Å². The van der Waals surface area contributed by atoms with Crippen LogP contribution in [0.25, 0.3) is 6.08 Å². The summed E-state index contributed by atoms with van der Waals surface area (Å²) in [4.78, 5) is 12.4. The van der Waals surface area contributed by atoms with Crippen molar-refractivity contribution in [1.29, 1.82) is 0 Å². The van der Waals surface area contributed by atoms with E-state index in [1.165, 1.54) is 36.4 Å². The van der Waals surface area contributed by atoms with E-state index in [2.05, 4.69) is 0 Å². The summed E-state index contributed by atoms with van der Waals surface area (Å²) in [7, 11) is 0. The number of phenols is 2. The van der Waals surface area contributed by atoms with E-state index >= 15 is 0 Å². The van der Waals surface area contributed by atoms with Crippen LogP contribution in [0.15, 0.2) is 48.5 Å². The molecule has 2 aliphatic heterocycles. The molecule has 13 nitrogen and oxygen atoms in total. The molecule has 2 heterocycles. The molecular weight excluding hydrogens is 520 g/mol. The van der Waals surface area contributed by atoms with Gasteiger partial charge in [0.1, 0.15) is 47.3 Å². The summed E-state index contributed by atoms with van der Waals surface area (Å²) in [6, 6.07) is 9.84. The summed E-state index contributed by atoms with van der Waals surface area (Å²) in [6.45, 7) is -1.91. The first kappa shape index (κ1) is 28.9. The number of rotatable bonds is 9. The zero-order chi connectivity index (χ0) is 28.3. The molecule has 0 aliphatic carbocycles. The summed E-state index contributed by atoms with van der Waals surface area (Å²) >= 11 is 0. The highest BCUT2D eigenvalue weighted by molar-refractivity contribution is 6.08. The van der Waals surface area contributed by atoms with Gasteiger partial charge in [-0.05, 0) is 35.9 Å². The lowest BCUT2D eigenvalue weighted by Gasteiger charge is -2.42. The van der Waals surface area contributed by atoms with E-state index in [-0.39, 0.29) is 22.8 Å². The maximum atomic E-state index is 12.4. The van der Waals surface area contributed by atoms with Gasteiger partial charge < -0.3 is 59.8 Å². The molecule has 8 atom stereocenters. The molecular formula is C26H30O13. The molecule has 2 aliphatic rings. The molecule has 0 spiro atoms. The van der Waals surface area contributed by atoms with Crippen molar-refractivity contribution in [3.63, 3.8) is 0 Å². The van der Waals surface area contributed by atoms with Gasteiger partial charge in [-0.1, -0.05) is 18.2 Å². The van der Waals surface area contributed by atoms with E-state index in [1.54, 1.807) is 12.1 Å². The minimum absolute atomic E-state index is 0.0115. The van der Waals surface area contributed by atoms with Crippen LogP contribution in [0.4, 0.5) is 0 Å². The standard InChI is InChI=1S/C26H30O13/c27-10-19-20(32)21(33)22(39-25-23(34)26(35,11-28)12-36-25)24(38-19)37-15-5-1-13(2-6-15)3-8-17(30)16-7-4-14(29)9-18(16)31/h1-9,19-25,27-29,31-35H,10-12H2/t19-,20-,21+,22-,23+,24-,25-,26+/m0/s1. The number of carbonyl (C=O) groups excluding carboxylic acids is 1. The van der Waals surface area contributed by atoms with Crippen LogP contribution in [0, 0.1) is 0 Å². The number of hydrogen-bond donors (Lipinski definition) is 8. The van der Waals surface area contributed by atoms with Crippen LogP contribution in [0.5, 0.6) is 17.2 Å². The highest BCUT2D eigenvalue weighted by Crippen LogP contribution is 2.32. The van der Waals surface area contributed by atoms with Crippen molar-refractivity contribution in [2.45, 2.75) is 48.7 Å². The SMILES string of the molecule is O=C(C=Cc1ccc(O[C@H]2O[C@@H](CO)[C@H](O)[C@@H](O)[C@@H]2O[C@@H]2OC[C@](O)(CO)[C@@H]2O)cc1)c1ccc(O)cc1O. The van der Waals surface area contributed by atoms with E-state index in [1.807, 2.05) is 0 Å². The molecule has 8 N–H and O–H groups in total. The second-order valence-corrected chi connectivity index (χ2v) is 9.28. The first-order chi connectivity index (χ1) is 18.6. The lowest BCUT2D eigenvalue weighted by atomic mass is 9.98. The number of aliphatic hydroxyl groups excluding tert-OH is 5. The third kappa shape index (κ3) is 6.22. The van der Waals surface area contributed by atoms with Gasteiger partial charge in [0.05, 0.1) is 25.4 Å². The smallest absolute Gasteiger partial charge is 0.229 e. The Morgan fingerprint density at radius 2 is 1.74 bits per heavy atom. The molecule has 2 saturated heterocycles. The number of ether oxygens (including phenoxy) is 4. The Balaban J connectivity index is 1.46. The molecule has 0 bridgehead atoms. The van der Waals surface area contributed by atoms with Crippen LogP contribution in [-0.4, -0.2) is 115 Å². The summed E-state index contributed by atoms with van der Waals surface area (Å²) < 4.78 is 22.2. The number of hydrogen-bond acceptors (Lipinski definition) is 13. The normalized spacial score (nSPS) is 32.9. The van der Waals surface area contributed by atoms with Crippen molar-refractivity contribution in [2.75, 3.05) is 19.8 Å². The molecule has 4 rings (SSSR count). The molecule has 2 fully saturated rings. The van der Waals surface area contributed by atoms with Gasteiger partial charge in [0, 0.05) is 6.07 Å². The number of allylic oxidation sites excluding steroid dienone is 1. The fourth-order valence-electron chi connectivity index (χ4n) is 4.14. The van der Waals surface area contributed by atoms with Gasteiger partial charge in [-0.25, -0.2) is 0 Å². The van der Waals surface area contributed by atoms with Crippen LogP contribution in [0.1, 0.15) is 15.9 Å². The quantitative estimate of drug-likeness (QED) is 0.134. The Morgan fingerprint density at radius 1 is 1.03 bits per heavy atom. The van der Waals surface area contributed by atoms with E-state index in [0.717, 1.165) is 6.07 Å². The number of ketones is 1. The van der Waals surface area contributed by atoms with Crippen molar-refractivity contribution >= 4 is 11.9 Å². The molecule has 13 heteroatoms. The number of phenolic OH excluding ortho intramolecular Hbond substituents is 2. The van der Waals surface area contributed by atoms with Crippen molar-refractivity contribution in [2.24, 2.45) is 0 Å². The summed E-state index contributed by atoms with van der Waals surface area (Å²) in [5, 5.41) is 79.6. The highest BCUT2D eigenvalue weighted by Gasteiger charge is 2.53. The summed E-state index contributed by atoms with van der Waals surface area (Å²) in [5.74, 6) is -0.810. The largest absolute Gasteiger partial charge is 0.508 e. The molecule has 0 saturated carbocycles. The Hall–Kier alpha value is -3.11. The second-order valence-electron chi connectivity index (χ2n) is 9.28. The zero-order valence-electron chi connectivity index (χ0n) is 20.5. The zero-order valence-corrected chi connectivity index (χ0v) is 20.5. The minimum atomic E-state index is -1.99. The predicted molar refractivity (Wildman–Crippen MR) is 131 cm³/mol. The van der Waals surface area contributed by atoms with Gasteiger partial charge in [-0.15, -0.1) is 0 Å². The Morgan fingerprint density at radius 3 is 2.36 bits per heavy atom. The third-order valence-electron chi connectivity index (χ3n) is 6.50. The number of benzene rings is 2. The van der Waals surface area contributed by atoms with Gasteiger partial charge in [-0.2, -0.15) is 0 Å². The second kappa shape index (κ2) is 12.0. The molecule has 0 radical (unpaired) electrons. The molecule has 2 aromatic rings. The van der Waals surface area contributed by atoms with Crippen molar-refractivity contribution in [3.05, 3.63) is 59.7 Å². The topological polar surface area (TPSA) is 216 Å². The average Bonchev–Trinajstić information content (AvgIpc) is 3.21. The maximum absolute atomic E-state index is 12.4. The Labute approximate surface area is 222 Å². The van der Waals surface area contributed by atoms with Gasteiger partial charge >= 0.3 is 0 Å². The third-order valence-corrected chi connectivity index (χ3v) is 6.50. The van der Waals surface area contributed by atoms with Gasteiger partial charge in [0.2, 0.25) is 6.29 Å². The lowest BCUT2D eigenvalue weighted by molar-refractivity contribution is -0.318. The average molecular weight is 551 g/mol. The van der Waals surface area contributed by atoms with E-state index in [9.17, 15) is 45.6 Å². The lowest BCUT2D eigenvalue weighted by Crippen LogP contribution is -2.62. The summed E-state index contributed by atoms with van der Waals surface area (Å²) in [5.41, 5.74) is -1.39. The minimum Gasteiger partial charge on any atom is -0.508 e. The number of carbonyl (C=O) groups is 1. The maximum Gasteiger partial charge on any atom is 0.229 e. The predicted octanol–water partition coefficient (Wildman–Crippen LogP) is -1.36. The van der Waals surface area contributed by atoms with Gasteiger partial charge in [0.25, 0.3) is 0 Å². The number of aromatic hydroxyl groups is 2.